The number of nitrogens with two attached hydrogens (primary N) is 1. The second-order valence-electron chi connectivity index (χ2n) is 4.45. The van der Waals surface area contributed by atoms with Gasteiger partial charge >= 0.3 is 5.97 Å². The first-order valence-electron chi connectivity index (χ1n) is 5.07. The minimum Gasteiger partial charge on any atom is -0.459 e. The topological polar surface area (TPSA) is 52.3 Å². The Balaban J connectivity index is 2.43. The van der Waals surface area contributed by atoms with Crippen LogP contribution < -0.4 is 5.73 Å². The number of thioether (sulfide) groups is 1. The van der Waals surface area contributed by atoms with Crippen molar-refractivity contribution < 1.29 is 9.53 Å². The molecule has 0 unspecified atom stereocenters. The van der Waals surface area contributed by atoms with Crippen molar-refractivity contribution in [1.82, 2.24) is 0 Å². The van der Waals surface area contributed by atoms with Gasteiger partial charge in [-0.1, -0.05) is 6.07 Å². The number of anilines is 1. The van der Waals surface area contributed by atoms with E-state index in [2.05, 4.69) is 0 Å². The number of benzene rings is 1. The molecule has 1 aromatic carbocycles. The lowest BCUT2D eigenvalue weighted by molar-refractivity contribution is -0.151. The first-order valence-corrected chi connectivity index (χ1v) is 6.05. The van der Waals surface area contributed by atoms with E-state index in [1.54, 1.807) is 0 Å². The standard InChI is InChI=1S/C12H17NO2S/c1-12(2,3)15-11(14)8-16-10-6-4-5-9(13)7-10/h4-7H,8,13H2,1-3H3. The van der Waals surface area contributed by atoms with Gasteiger partial charge in [0.15, 0.2) is 0 Å². The number of esters is 1. The molecule has 0 aliphatic carbocycles. The fourth-order valence-corrected chi connectivity index (χ4v) is 1.86. The van der Waals surface area contributed by atoms with E-state index in [9.17, 15) is 4.79 Å². The molecule has 0 radical (unpaired) electrons. The Bertz CT molecular complexity index is 372. The maximum atomic E-state index is 11.4. The summed E-state index contributed by atoms with van der Waals surface area (Å²) in [6.07, 6.45) is 0. The maximum Gasteiger partial charge on any atom is 0.316 e. The molecule has 0 aliphatic heterocycles. The van der Waals surface area contributed by atoms with E-state index in [0.717, 1.165) is 4.90 Å². The quantitative estimate of drug-likeness (QED) is 0.500. The molecular weight excluding hydrogens is 222 g/mol. The zero-order chi connectivity index (χ0) is 12.2. The number of rotatable bonds is 3. The molecule has 0 heterocycles. The van der Waals surface area contributed by atoms with Crippen molar-refractivity contribution in [3.8, 4) is 0 Å². The van der Waals surface area contributed by atoms with E-state index in [-0.39, 0.29) is 5.97 Å². The Kier molecular flexibility index (Phi) is 4.24. The Labute approximate surface area is 100 Å². The lowest BCUT2D eigenvalue weighted by Gasteiger charge is -2.19. The van der Waals surface area contributed by atoms with Crippen LogP contribution in [0, 0.1) is 0 Å². The Morgan fingerprint density at radius 1 is 1.44 bits per heavy atom. The molecule has 3 nitrogen and oxygen atoms in total. The highest BCUT2D eigenvalue weighted by Gasteiger charge is 2.16. The summed E-state index contributed by atoms with van der Waals surface area (Å²) in [5.74, 6) is 0.0979. The smallest absolute Gasteiger partial charge is 0.316 e. The molecule has 88 valence electrons. The average molecular weight is 239 g/mol. The molecule has 0 aliphatic rings. The lowest BCUT2D eigenvalue weighted by atomic mass is 10.2. The van der Waals surface area contributed by atoms with Gasteiger partial charge < -0.3 is 10.5 Å². The Morgan fingerprint density at radius 2 is 2.12 bits per heavy atom. The summed E-state index contributed by atoms with van der Waals surface area (Å²) in [5, 5.41) is 0. The van der Waals surface area contributed by atoms with Crippen molar-refractivity contribution in [1.29, 1.82) is 0 Å². The highest BCUT2D eigenvalue weighted by atomic mass is 32.2. The first-order chi connectivity index (χ1) is 7.37. The van der Waals surface area contributed by atoms with Crippen molar-refractivity contribution in [2.45, 2.75) is 31.3 Å². The van der Waals surface area contributed by atoms with Crippen molar-refractivity contribution in [2.75, 3.05) is 11.5 Å². The molecule has 1 rings (SSSR count). The van der Waals surface area contributed by atoms with Crippen LogP contribution in [0.3, 0.4) is 0 Å². The van der Waals surface area contributed by atoms with Crippen LogP contribution in [0.25, 0.3) is 0 Å². The molecule has 0 atom stereocenters. The molecule has 1 aromatic rings. The van der Waals surface area contributed by atoms with Crippen molar-refractivity contribution >= 4 is 23.4 Å². The van der Waals surface area contributed by atoms with Gasteiger partial charge in [-0.25, -0.2) is 0 Å². The predicted molar refractivity (Wildman–Crippen MR) is 67.4 cm³/mol. The van der Waals surface area contributed by atoms with Gasteiger partial charge in [0, 0.05) is 10.6 Å². The summed E-state index contributed by atoms with van der Waals surface area (Å²) in [6.45, 7) is 5.57. The molecule has 16 heavy (non-hydrogen) atoms. The summed E-state index contributed by atoms with van der Waals surface area (Å²) in [5.41, 5.74) is 5.92. The van der Waals surface area contributed by atoms with E-state index in [1.807, 2.05) is 45.0 Å². The van der Waals surface area contributed by atoms with E-state index in [1.165, 1.54) is 11.8 Å². The van der Waals surface area contributed by atoms with Crippen LogP contribution >= 0.6 is 11.8 Å². The summed E-state index contributed by atoms with van der Waals surface area (Å²) in [7, 11) is 0. The highest BCUT2D eigenvalue weighted by Crippen LogP contribution is 2.21. The Morgan fingerprint density at radius 3 is 2.69 bits per heavy atom. The number of carbonyl (C=O) groups excluding carboxylic acids is 1. The van der Waals surface area contributed by atoms with E-state index >= 15 is 0 Å². The van der Waals surface area contributed by atoms with Gasteiger partial charge in [-0.05, 0) is 39.0 Å². The third-order valence-electron chi connectivity index (χ3n) is 1.63. The average Bonchev–Trinajstić information content (AvgIpc) is 2.12. The number of hydrogen-bond acceptors (Lipinski definition) is 4. The van der Waals surface area contributed by atoms with Gasteiger partial charge in [-0.15, -0.1) is 11.8 Å². The van der Waals surface area contributed by atoms with Gasteiger partial charge in [0.25, 0.3) is 0 Å². The largest absolute Gasteiger partial charge is 0.459 e. The first kappa shape index (κ1) is 12.9. The van der Waals surface area contributed by atoms with Crippen LogP contribution in [0.2, 0.25) is 0 Å². The minimum atomic E-state index is -0.423. The van der Waals surface area contributed by atoms with Gasteiger partial charge in [0.2, 0.25) is 0 Å². The zero-order valence-corrected chi connectivity index (χ0v) is 10.6. The maximum absolute atomic E-state index is 11.4. The molecule has 4 heteroatoms. The molecule has 0 saturated heterocycles. The third kappa shape index (κ3) is 5.07. The fourth-order valence-electron chi connectivity index (χ4n) is 1.12. The second-order valence-corrected chi connectivity index (χ2v) is 5.50. The van der Waals surface area contributed by atoms with Crippen LogP contribution in [0.15, 0.2) is 29.2 Å². The van der Waals surface area contributed by atoms with Gasteiger partial charge in [-0.3, -0.25) is 4.79 Å². The van der Waals surface area contributed by atoms with Crippen molar-refractivity contribution in [2.24, 2.45) is 0 Å². The van der Waals surface area contributed by atoms with Gasteiger partial charge in [0.05, 0.1) is 5.75 Å². The van der Waals surface area contributed by atoms with E-state index < -0.39 is 5.60 Å². The van der Waals surface area contributed by atoms with Gasteiger partial charge in [0.1, 0.15) is 5.60 Å². The van der Waals surface area contributed by atoms with E-state index in [0.29, 0.717) is 11.4 Å². The number of ether oxygens (including phenoxy) is 1. The molecule has 0 amide bonds. The molecule has 0 fully saturated rings. The predicted octanol–water partition coefficient (Wildman–Crippen LogP) is 2.70. The number of nitrogen functional groups attached to an aromatic ring is 1. The third-order valence-corrected chi connectivity index (χ3v) is 2.60. The van der Waals surface area contributed by atoms with Gasteiger partial charge in [-0.2, -0.15) is 0 Å². The lowest BCUT2D eigenvalue weighted by Crippen LogP contribution is -2.24. The summed E-state index contributed by atoms with van der Waals surface area (Å²) < 4.78 is 5.20. The van der Waals surface area contributed by atoms with Crippen LogP contribution in [-0.2, 0) is 9.53 Å². The summed E-state index contributed by atoms with van der Waals surface area (Å²) >= 11 is 1.43. The summed E-state index contributed by atoms with van der Waals surface area (Å²) in [4.78, 5) is 12.4. The SMILES string of the molecule is CC(C)(C)OC(=O)CSc1cccc(N)c1. The molecule has 0 bridgehead atoms. The monoisotopic (exact) mass is 239 g/mol. The van der Waals surface area contributed by atoms with Crippen LogP contribution in [0.4, 0.5) is 5.69 Å². The second kappa shape index (κ2) is 5.25. The zero-order valence-electron chi connectivity index (χ0n) is 9.82. The molecule has 0 saturated carbocycles. The normalized spacial score (nSPS) is 11.2. The summed E-state index contributed by atoms with van der Waals surface area (Å²) in [6, 6.07) is 7.45. The van der Waals surface area contributed by atoms with E-state index in [4.69, 9.17) is 10.5 Å². The van der Waals surface area contributed by atoms with Crippen LogP contribution in [0.1, 0.15) is 20.8 Å². The highest BCUT2D eigenvalue weighted by molar-refractivity contribution is 8.00. The molecular formula is C12H17NO2S. The molecule has 0 aromatic heterocycles. The molecule has 2 N–H and O–H groups in total. The fraction of sp³-hybridized carbons (Fsp3) is 0.417. The van der Waals surface area contributed by atoms with Crippen LogP contribution in [-0.4, -0.2) is 17.3 Å². The molecule has 0 spiro atoms. The van der Waals surface area contributed by atoms with Crippen molar-refractivity contribution in [3.05, 3.63) is 24.3 Å². The number of carbonyl (C=O) groups is 1. The van der Waals surface area contributed by atoms with Crippen LogP contribution in [0.5, 0.6) is 0 Å². The number of hydrogen-bond donors (Lipinski definition) is 1. The minimum absolute atomic E-state index is 0.208. The Hall–Kier alpha value is -1.16. The van der Waals surface area contributed by atoms with Crippen molar-refractivity contribution in [3.63, 3.8) is 0 Å².